The van der Waals surface area contributed by atoms with Crippen molar-refractivity contribution in [3.05, 3.63) is 65.5 Å². The van der Waals surface area contributed by atoms with Gasteiger partial charge < -0.3 is 10.2 Å². The number of likely N-dealkylation sites (tertiary alicyclic amines) is 1. The summed E-state index contributed by atoms with van der Waals surface area (Å²) in [6, 6.07) is 12.7. The van der Waals surface area contributed by atoms with E-state index in [0.29, 0.717) is 11.3 Å². The average molecular weight is 399 g/mol. The van der Waals surface area contributed by atoms with Crippen molar-refractivity contribution >= 4 is 34.8 Å². The van der Waals surface area contributed by atoms with E-state index in [-0.39, 0.29) is 16.6 Å². The largest absolute Gasteiger partial charge is 0.339 e. The maximum Gasteiger partial charge on any atom is 0.260 e. The number of carbonyl (C=O) groups excluding carboxylic acids is 2. The van der Waals surface area contributed by atoms with Crippen molar-refractivity contribution in [1.29, 1.82) is 0 Å². The van der Waals surface area contributed by atoms with Crippen LogP contribution in [0.2, 0.25) is 0 Å². The van der Waals surface area contributed by atoms with E-state index in [1.807, 2.05) is 4.90 Å². The predicted octanol–water partition coefficient (Wildman–Crippen LogP) is 3.97. The summed E-state index contributed by atoms with van der Waals surface area (Å²) < 4.78 is 13.8. The molecule has 2 aromatic carbocycles. The molecule has 1 aliphatic rings. The standard InChI is InChI=1S/C21H22FN3O2S/c22-17-11-5-3-9-15(17)19(26)24-21(28)23-18-12-6-4-10-16(18)20(27)25-13-7-1-2-8-14-25/h3-6,9-12H,1-2,7-8,13-14H2,(H2,23,24,26,28). The van der Waals surface area contributed by atoms with Crippen molar-refractivity contribution in [2.45, 2.75) is 25.7 Å². The lowest BCUT2D eigenvalue weighted by molar-refractivity contribution is 0.0762. The fourth-order valence-corrected chi connectivity index (χ4v) is 3.39. The molecule has 1 heterocycles. The summed E-state index contributed by atoms with van der Waals surface area (Å²) in [4.78, 5) is 27.0. The van der Waals surface area contributed by atoms with Crippen molar-refractivity contribution < 1.29 is 14.0 Å². The topological polar surface area (TPSA) is 61.4 Å². The lowest BCUT2D eigenvalue weighted by Crippen LogP contribution is -2.36. The van der Waals surface area contributed by atoms with Gasteiger partial charge in [-0.2, -0.15) is 0 Å². The highest BCUT2D eigenvalue weighted by molar-refractivity contribution is 7.80. The highest BCUT2D eigenvalue weighted by Crippen LogP contribution is 2.20. The van der Waals surface area contributed by atoms with Crippen molar-refractivity contribution in [2.24, 2.45) is 0 Å². The number of thiocarbonyl (C=S) groups is 1. The van der Waals surface area contributed by atoms with Crippen LogP contribution in [0.1, 0.15) is 46.4 Å². The molecule has 3 rings (SSSR count). The molecule has 0 aliphatic carbocycles. The van der Waals surface area contributed by atoms with Gasteiger partial charge in [0.05, 0.1) is 16.8 Å². The minimum absolute atomic E-state index is 0.00405. The van der Waals surface area contributed by atoms with Crippen LogP contribution >= 0.6 is 12.2 Å². The highest BCUT2D eigenvalue weighted by Gasteiger charge is 2.20. The minimum Gasteiger partial charge on any atom is -0.339 e. The van der Waals surface area contributed by atoms with E-state index < -0.39 is 11.7 Å². The van der Waals surface area contributed by atoms with Gasteiger partial charge >= 0.3 is 0 Å². The van der Waals surface area contributed by atoms with Gasteiger partial charge in [-0.1, -0.05) is 37.1 Å². The fraction of sp³-hybridized carbons (Fsp3) is 0.286. The van der Waals surface area contributed by atoms with Crippen LogP contribution in [-0.2, 0) is 0 Å². The Labute approximate surface area is 168 Å². The fourth-order valence-electron chi connectivity index (χ4n) is 3.19. The molecule has 0 aromatic heterocycles. The Morgan fingerprint density at radius 2 is 1.50 bits per heavy atom. The number of halogens is 1. The zero-order valence-corrected chi connectivity index (χ0v) is 16.2. The summed E-state index contributed by atoms with van der Waals surface area (Å²) >= 11 is 5.19. The van der Waals surface area contributed by atoms with E-state index in [1.165, 1.54) is 18.2 Å². The second-order valence-corrected chi connectivity index (χ2v) is 7.05. The van der Waals surface area contributed by atoms with Crippen molar-refractivity contribution in [3.63, 3.8) is 0 Å². The SMILES string of the molecule is O=C(NC(=S)Nc1ccccc1C(=O)N1CCCCCC1)c1ccccc1F. The Hall–Kier alpha value is -2.80. The second kappa shape index (κ2) is 9.41. The molecule has 1 fully saturated rings. The third-order valence-electron chi connectivity index (χ3n) is 4.64. The Balaban J connectivity index is 1.70. The van der Waals surface area contributed by atoms with Crippen LogP contribution in [-0.4, -0.2) is 34.9 Å². The molecular formula is C21H22FN3O2S. The average Bonchev–Trinajstić information content (AvgIpc) is 2.97. The molecule has 1 aliphatic heterocycles. The van der Waals surface area contributed by atoms with Gasteiger partial charge in [-0.25, -0.2) is 4.39 Å². The molecule has 2 amide bonds. The number of hydrogen-bond acceptors (Lipinski definition) is 3. The molecule has 5 nitrogen and oxygen atoms in total. The van der Waals surface area contributed by atoms with E-state index in [2.05, 4.69) is 10.6 Å². The van der Waals surface area contributed by atoms with Crippen LogP contribution in [0.5, 0.6) is 0 Å². The van der Waals surface area contributed by atoms with Gasteiger partial charge in [0.2, 0.25) is 0 Å². The van der Waals surface area contributed by atoms with Gasteiger partial charge in [0.1, 0.15) is 5.82 Å². The lowest BCUT2D eigenvalue weighted by atomic mass is 10.1. The molecule has 7 heteroatoms. The molecule has 0 unspecified atom stereocenters. The van der Waals surface area contributed by atoms with Gasteiger partial charge in [0.25, 0.3) is 11.8 Å². The molecule has 146 valence electrons. The number of amides is 2. The molecule has 0 bridgehead atoms. The van der Waals surface area contributed by atoms with E-state index in [4.69, 9.17) is 12.2 Å². The first-order valence-electron chi connectivity index (χ1n) is 9.31. The zero-order valence-electron chi connectivity index (χ0n) is 15.4. The third kappa shape index (κ3) is 4.92. The number of hydrogen-bond donors (Lipinski definition) is 2. The number of nitrogens with zero attached hydrogens (tertiary/aromatic N) is 1. The van der Waals surface area contributed by atoms with Crippen LogP contribution in [0.15, 0.2) is 48.5 Å². The molecule has 0 saturated carbocycles. The van der Waals surface area contributed by atoms with Gasteiger partial charge in [0, 0.05) is 13.1 Å². The normalized spacial score (nSPS) is 14.1. The van der Waals surface area contributed by atoms with Crippen LogP contribution < -0.4 is 10.6 Å². The number of nitrogens with one attached hydrogen (secondary N) is 2. The van der Waals surface area contributed by atoms with E-state index >= 15 is 0 Å². The zero-order chi connectivity index (χ0) is 19.9. The molecule has 0 atom stereocenters. The maximum atomic E-state index is 13.8. The van der Waals surface area contributed by atoms with Crippen molar-refractivity contribution in [2.75, 3.05) is 18.4 Å². The quantitative estimate of drug-likeness (QED) is 0.767. The molecule has 0 spiro atoms. The van der Waals surface area contributed by atoms with Gasteiger partial charge in [-0.05, 0) is 49.3 Å². The molecule has 2 N–H and O–H groups in total. The Kier molecular flexibility index (Phi) is 6.71. The smallest absolute Gasteiger partial charge is 0.260 e. The second-order valence-electron chi connectivity index (χ2n) is 6.64. The minimum atomic E-state index is -0.646. The van der Waals surface area contributed by atoms with Gasteiger partial charge in [-0.15, -0.1) is 0 Å². The summed E-state index contributed by atoms with van der Waals surface area (Å²) in [6.07, 6.45) is 4.27. The predicted molar refractivity (Wildman–Crippen MR) is 111 cm³/mol. The summed E-state index contributed by atoms with van der Waals surface area (Å²) in [6.45, 7) is 1.48. The molecule has 0 radical (unpaired) electrons. The molecule has 1 saturated heterocycles. The van der Waals surface area contributed by atoms with Gasteiger partial charge in [0.15, 0.2) is 5.11 Å². The summed E-state index contributed by atoms with van der Waals surface area (Å²) in [5, 5.41) is 5.36. The first kappa shape index (κ1) is 19.9. The highest BCUT2D eigenvalue weighted by atomic mass is 32.1. The molecule has 2 aromatic rings. The first-order valence-corrected chi connectivity index (χ1v) is 9.72. The monoisotopic (exact) mass is 399 g/mol. The number of benzene rings is 2. The summed E-state index contributed by atoms with van der Waals surface area (Å²) in [7, 11) is 0. The maximum absolute atomic E-state index is 13.8. The van der Waals surface area contributed by atoms with Crippen molar-refractivity contribution in [1.82, 2.24) is 10.2 Å². The van der Waals surface area contributed by atoms with E-state index in [0.717, 1.165) is 38.8 Å². The van der Waals surface area contributed by atoms with Gasteiger partial charge in [-0.3, -0.25) is 14.9 Å². The number of anilines is 1. The Morgan fingerprint density at radius 1 is 0.893 bits per heavy atom. The van der Waals surface area contributed by atoms with E-state index in [1.54, 1.807) is 30.3 Å². The van der Waals surface area contributed by atoms with Crippen LogP contribution in [0.25, 0.3) is 0 Å². The summed E-state index contributed by atoms with van der Waals surface area (Å²) in [5.74, 6) is -1.33. The molecule has 28 heavy (non-hydrogen) atoms. The first-order chi connectivity index (χ1) is 13.6. The number of carbonyl (C=O) groups is 2. The van der Waals surface area contributed by atoms with Crippen LogP contribution in [0.3, 0.4) is 0 Å². The third-order valence-corrected chi connectivity index (χ3v) is 4.85. The molecular weight excluding hydrogens is 377 g/mol. The Morgan fingerprint density at radius 3 is 2.18 bits per heavy atom. The van der Waals surface area contributed by atoms with Crippen LogP contribution in [0, 0.1) is 5.82 Å². The Bertz CT molecular complexity index is 879. The van der Waals surface area contributed by atoms with Crippen LogP contribution in [0.4, 0.5) is 10.1 Å². The number of para-hydroxylation sites is 1. The lowest BCUT2D eigenvalue weighted by Gasteiger charge is -2.22. The number of rotatable bonds is 3. The van der Waals surface area contributed by atoms with E-state index in [9.17, 15) is 14.0 Å². The van der Waals surface area contributed by atoms with Crippen molar-refractivity contribution in [3.8, 4) is 0 Å². The summed E-state index contributed by atoms with van der Waals surface area (Å²) in [5.41, 5.74) is 0.906.